The molecule has 1 aromatic carbocycles. The van der Waals surface area contributed by atoms with Crippen molar-refractivity contribution >= 4 is 5.97 Å². The molecule has 0 heterocycles. The lowest BCUT2D eigenvalue weighted by Gasteiger charge is -2.31. The van der Waals surface area contributed by atoms with Gasteiger partial charge in [-0.2, -0.15) is 0 Å². The monoisotopic (exact) mass is 294 g/mol. The van der Waals surface area contributed by atoms with Gasteiger partial charge in [0.2, 0.25) is 0 Å². The number of carbonyl (C=O) groups is 1. The Balaban J connectivity index is 2.76. The normalized spacial score (nSPS) is 16.0. The lowest BCUT2D eigenvalue weighted by atomic mass is 9.85. The van der Waals surface area contributed by atoms with E-state index in [1.165, 1.54) is 0 Å². The van der Waals surface area contributed by atoms with E-state index in [-0.39, 0.29) is 5.97 Å². The van der Waals surface area contributed by atoms with Crippen LogP contribution in [-0.2, 0) is 16.0 Å². The van der Waals surface area contributed by atoms with Gasteiger partial charge in [-0.05, 0) is 52.3 Å². The van der Waals surface area contributed by atoms with E-state index in [9.17, 15) is 9.90 Å². The highest BCUT2D eigenvalue weighted by atomic mass is 16.6. The zero-order chi connectivity index (χ0) is 16.3. The third-order valence-electron chi connectivity index (χ3n) is 3.41. The number of hydrogen-bond donors (Lipinski definition) is 1. The Hall–Kier alpha value is -1.55. The van der Waals surface area contributed by atoms with Gasteiger partial charge in [-0.3, -0.25) is 4.79 Å². The number of benzene rings is 1. The predicted octanol–water partition coefficient (Wildman–Crippen LogP) is 2.97. The average molecular weight is 294 g/mol. The van der Waals surface area contributed by atoms with E-state index >= 15 is 0 Å². The molecule has 1 aromatic rings. The predicted molar refractivity (Wildman–Crippen MR) is 82.3 cm³/mol. The molecule has 2 unspecified atom stereocenters. The van der Waals surface area contributed by atoms with Crippen LogP contribution in [0.4, 0.5) is 0 Å². The summed E-state index contributed by atoms with van der Waals surface area (Å²) in [7, 11) is 1.61. The van der Waals surface area contributed by atoms with Gasteiger partial charge in [0.05, 0.1) is 18.6 Å². The largest absolute Gasteiger partial charge is 0.497 e. The van der Waals surface area contributed by atoms with Crippen molar-refractivity contribution in [3.63, 3.8) is 0 Å². The molecule has 0 fully saturated rings. The van der Waals surface area contributed by atoms with Gasteiger partial charge in [0.1, 0.15) is 11.4 Å². The molecule has 118 valence electrons. The highest BCUT2D eigenvalue weighted by molar-refractivity contribution is 5.73. The van der Waals surface area contributed by atoms with Crippen LogP contribution in [0.2, 0.25) is 0 Å². The van der Waals surface area contributed by atoms with Crippen molar-refractivity contribution < 1.29 is 19.4 Å². The van der Waals surface area contributed by atoms with Gasteiger partial charge in [0.15, 0.2) is 0 Å². The summed E-state index contributed by atoms with van der Waals surface area (Å²) in [6, 6.07) is 7.44. The summed E-state index contributed by atoms with van der Waals surface area (Å²) >= 11 is 0. The highest BCUT2D eigenvalue weighted by Gasteiger charge is 2.36. The van der Waals surface area contributed by atoms with Crippen molar-refractivity contribution in [2.45, 2.75) is 52.2 Å². The van der Waals surface area contributed by atoms with Crippen molar-refractivity contribution in [2.24, 2.45) is 5.92 Å². The summed E-state index contributed by atoms with van der Waals surface area (Å²) in [5.74, 6) is -0.238. The Morgan fingerprint density at radius 1 is 1.19 bits per heavy atom. The highest BCUT2D eigenvalue weighted by Crippen LogP contribution is 2.26. The van der Waals surface area contributed by atoms with Gasteiger partial charge in [-0.1, -0.05) is 12.1 Å². The van der Waals surface area contributed by atoms with Crippen LogP contribution < -0.4 is 4.74 Å². The molecular formula is C17H26O4. The lowest BCUT2D eigenvalue weighted by Crippen LogP contribution is -2.42. The molecule has 0 aliphatic heterocycles. The van der Waals surface area contributed by atoms with Crippen LogP contribution in [0.1, 0.15) is 40.2 Å². The number of rotatable bonds is 5. The van der Waals surface area contributed by atoms with Gasteiger partial charge < -0.3 is 14.6 Å². The Kier molecular flexibility index (Phi) is 5.40. The maximum absolute atomic E-state index is 12.1. The van der Waals surface area contributed by atoms with Crippen LogP contribution in [0.5, 0.6) is 5.75 Å². The summed E-state index contributed by atoms with van der Waals surface area (Å²) in [5, 5.41) is 10.6. The first-order valence-electron chi connectivity index (χ1n) is 7.13. The second kappa shape index (κ2) is 6.48. The Morgan fingerprint density at radius 3 is 2.14 bits per heavy atom. The molecule has 0 bridgehead atoms. The Labute approximate surface area is 127 Å². The summed E-state index contributed by atoms with van der Waals surface area (Å²) < 4.78 is 10.4. The number of methoxy groups -OCH3 is 1. The number of aliphatic hydroxyl groups is 1. The van der Waals surface area contributed by atoms with Crippen LogP contribution in [0.3, 0.4) is 0 Å². The molecule has 0 aromatic heterocycles. The van der Waals surface area contributed by atoms with Crippen molar-refractivity contribution in [3.8, 4) is 5.75 Å². The molecule has 0 saturated carbocycles. The summed E-state index contributed by atoms with van der Waals surface area (Å²) in [6.07, 6.45) is 0.372. The van der Waals surface area contributed by atoms with Gasteiger partial charge >= 0.3 is 5.97 Å². The zero-order valence-corrected chi connectivity index (χ0v) is 13.8. The lowest BCUT2D eigenvalue weighted by molar-refractivity contribution is -0.167. The topological polar surface area (TPSA) is 55.8 Å². The molecule has 1 N–H and O–H groups in total. The van der Waals surface area contributed by atoms with Gasteiger partial charge in [-0.25, -0.2) is 0 Å². The molecule has 0 radical (unpaired) electrons. The SMILES string of the molecule is COc1ccc(CC(C)(O)C(C)C(=O)OC(C)(C)C)cc1. The molecule has 0 aliphatic rings. The van der Waals surface area contributed by atoms with Gasteiger partial charge in [0.25, 0.3) is 0 Å². The molecule has 0 spiro atoms. The molecule has 4 heteroatoms. The molecule has 0 amide bonds. The van der Waals surface area contributed by atoms with E-state index in [0.29, 0.717) is 6.42 Å². The van der Waals surface area contributed by atoms with E-state index in [1.807, 2.05) is 45.0 Å². The second-order valence-corrected chi connectivity index (χ2v) is 6.64. The minimum atomic E-state index is -1.17. The Morgan fingerprint density at radius 2 is 1.71 bits per heavy atom. The smallest absolute Gasteiger partial charge is 0.312 e. The van der Waals surface area contributed by atoms with Crippen molar-refractivity contribution in [3.05, 3.63) is 29.8 Å². The standard InChI is InChI=1S/C17H26O4/c1-12(15(18)21-16(2,3)4)17(5,19)11-13-7-9-14(20-6)10-8-13/h7-10,12,19H,11H2,1-6H3. The first-order valence-corrected chi connectivity index (χ1v) is 7.13. The first-order chi connectivity index (χ1) is 9.55. The molecular weight excluding hydrogens is 268 g/mol. The van der Waals surface area contributed by atoms with Gasteiger partial charge in [0, 0.05) is 6.42 Å². The third kappa shape index (κ3) is 5.38. The van der Waals surface area contributed by atoms with Crippen molar-refractivity contribution in [1.29, 1.82) is 0 Å². The van der Waals surface area contributed by atoms with E-state index in [4.69, 9.17) is 9.47 Å². The summed E-state index contributed by atoms with van der Waals surface area (Å²) in [6.45, 7) is 8.80. The van der Waals surface area contributed by atoms with Crippen LogP contribution >= 0.6 is 0 Å². The Bertz CT molecular complexity index is 469. The van der Waals surface area contributed by atoms with Crippen LogP contribution in [0, 0.1) is 5.92 Å². The summed E-state index contributed by atoms with van der Waals surface area (Å²) in [4.78, 5) is 12.1. The molecule has 21 heavy (non-hydrogen) atoms. The molecule has 0 aliphatic carbocycles. The molecule has 0 saturated heterocycles. The molecule has 2 atom stereocenters. The fourth-order valence-corrected chi connectivity index (χ4v) is 1.95. The average Bonchev–Trinajstić information content (AvgIpc) is 2.36. The maximum Gasteiger partial charge on any atom is 0.312 e. The van der Waals surface area contributed by atoms with E-state index in [2.05, 4.69) is 0 Å². The minimum absolute atomic E-state index is 0.372. The quantitative estimate of drug-likeness (QED) is 0.848. The second-order valence-electron chi connectivity index (χ2n) is 6.64. The van der Waals surface area contributed by atoms with Gasteiger partial charge in [-0.15, -0.1) is 0 Å². The third-order valence-corrected chi connectivity index (χ3v) is 3.41. The molecule has 4 nitrogen and oxygen atoms in total. The van der Waals surface area contributed by atoms with Crippen LogP contribution in [0.15, 0.2) is 24.3 Å². The van der Waals surface area contributed by atoms with Crippen molar-refractivity contribution in [1.82, 2.24) is 0 Å². The molecule has 1 rings (SSSR count). The zero-order valence-electron chi connectivity index (χ0n) is 13.8. The number of hydrogen-bond acceptors (Lipinski definition) is 4. The van der Waals surface area contributed by atoms with E-state index in [0.717, 1.165) is 11.3 Å². The van der Waals surface area contributed by atoms with Crippen LogP contribution in [0.25, 0.3) is 0 Å². The van der Waals surface area contributed by atoms with Crippen LogP contribution in [-0.4, -0.2) is 29.4 Å². The minimum Gasteiger partial charge on any atom is -0.497 e. The number of carbonyl (C=O) groups excluding carboxylic acids is 1. The van der Waals surface area contributed by atoms with Crippen molar-refractivity contribution in [2.75, 3.05) is 7.11 Å². The number of esters is 1. The maximum atomic E-state index is 12.1. The first kappa shape index (κ1) is 17.5. The van der Waals surface area contributed by atoms with E-state index in [1.54, 1.807) is 21.0 Å². The number of ether oxygens (including phenoxy) is 2. The fraction of sp³-hybridized carbons (Fsp3) is 0.588. The fourth-order valence-electron chi connectivity index (χ4n) is 1.95. The summed E-state index contributed by atoms with van der Waals surface area (Å²) in [5.41, 5.74) is -0.783. The van der Waals surface area contributed by atoms with E-state index < -0.39 is 17.1 Å².